The van der Waals surface area contributed by atoms with Crippen molar-refractivity contribution in [2.75, 3.05) is 6.16 Å². The average Bonchev–Trinajstić information content (AvgIpc) is 2.29. The Morgan fingerprint density at radius 3 is 2.38 bits per heavy atom. The van der Waals surface area contributed by atoms with Crippen molar-refractivity contribution in [3.05, 3.63) is 0 Å². The Balaban J connectivity index is 2.35. The molecule has 0 aromatic carbocycles. The highest BCUT2D eigenvalue weighted by Crippen LogP contribution is 2.37. The third-order valence-corrected chi connectivity index (χ3v) is 3.03. The van der Waals surface area contributed by atoms with Crippen molar-refractivity contribution in [3.63, 3.8) is 0 Å². The molecule has 6 nitrogen and oxygen atoms in total. The summed E-state index contributed by atoms with van der Waals surface area (Å²) in [7, 11) is -3.98. The average molecular weight is 211 g/mol. The molecule has 0 aromatic rings. The van der Waals surface area contributed by atoms with E-state index >= 15 is 0 Å². The van der Waals surface area contributed by atoms with Gasteiger partial charge in [-0.2, -0.15) is 5.06 Å². The van der Waals surface area contributed by atoms with Gasteiger partial charge >= 0.3 is 7.60 Å². The molecular formula is C6H14NO5P. The number of rotatable bonds is 3. The summed E-state index contributed by atoms with van der Waals surface area (Å²) >= 11 is 0. The maximum Gasteiger partial charge on any atom is 0.325 e. The van der Waals surface area contributed by atoms with Gasteiger partial charge < -0.3 is 20.1 Å². The summed E-state index contributed by atoms with van der Waals surface area (Å²) in [5.41, 5.74) is 0. The van der Waals surface area contributed by atoms with Gasteiger partial charge in [0.2, 0.25) is 0 Å². The molecular weight excluding hydrogens is 197 g/mol. The molecule has 0 spiro atoms. The topological polar surface area (TPSA) is 101 Å². The minimum absolute atomic E-state index is 0.206. The molecule has 13 heavy (non-hydrogen) atoms. The van der Waals surface area contributed by atoms with Crippen LogP contribution in [0.15, 0.2) is 0 Å². The lowest BCUT2D eigenvalue weighted by atomic mass is 10.2. The van der Waals surface area contributed by atoms with E-state index in [0.717, 1.165) is 5.06 Å². The van der Waals surface area contributed by atoms with Crippen molar-refractivity contribution in [2.24, 2.45) is 0 Å². The van der Waals surface area contributed by atoms with Crippen LogP contribution in [0, 0.1) is 0 Å². The lowest BCUT2D eigenvalue weighted by Gasteiger charge is -2.19. The van der Waals surface area contributed by atoms with E-state index in [2.05, 4.69) is 0 Å². The Labute approximate surface area is 75.9 Å². The zero-order chi connectivity index (χ0) is 10.1. The van der Waals surface area contributed by atoms with E-state index < -0.39 is 13.8 Å². The fourth-order valence-corrected chi connectivity index (χ4v) is 2.08. The van der Waals surface area contributed by atoms with Gasteiger partial charge in [0.05, 0.1) is 6.16 Å². The van der Waals surface area contributed by atoms with Crippen LogP contribution in [0.5, 0.6) is 0 Å². The van der Waals surface area contributed by atoms with Crippen LogP contribution in [-0.2, 0) is 4.57 Å². The van der Waals surface area contributed by atoms with Crippen LogP contribution in [-0.4, -0.2) is 43.6 Å². The summed E-state index contributed by atoms with van der Waals surface area (Å²) in [5, 5.41) is 19.0. The Kier molecular flexibility index (Phi) is 3.45. The molecule has 7 heteroatoms. The number of aliphatic hydroxyl groups excluding tert-OH is 1. The summed E-state index contributed by atoms with van der Waals surface area (Å²) in [4.78, 5) is 17.2. The first-order valence-corrected chi connectivity index (χ1v) is 5.90. The molecule has 1 fully saturated rings. The molecule has 1 saturated heterocycles. The third-order valence-electron chi connectivity index (χ3n) is 2.19. The second-order valence-electron chi connectivity index (χ2n) is 3.27. The van der Waals surface area contributed by atoms with Crippen molar-refractivity contribution in [2.45, 2.75) is 31.5 Å². The number of nitrogens with zero attached hydrogens (tertiary/aromatic N) is 1. The molecule has 0 aromatic heterocycles. The minimum atomic E-state index is -3.98. The van der Waals surface area contributed by atoms with Gasteiger partial charge in [-0.25, -0.2) is 0 Å². The molecule has 1 aliphatic heterocycles. The summed E-state index contributed by atoms with van der Waals surface area (Å²) in [6, 6.07) is -0.331. The van der Waals surface area contributed by atoms with E-state index in [4.69, 9.17) is 14.9 Å². The second-order valence-corrected chi connectivity index (χ2v) is 5.05. The summed E-state index contributed by atoms with van der Waals surface area (Å²) < 4.78 is 10.5. The fourth-order valence-electron chi connectivity index (χ4n) is 1.44. The van der Waals surface area contributed by atoms with Crippen LogP contribution in [0.2, 0.25) is 0 Å². The van der Waals surface area contributed by atoms with Crippen molar-refractivity contribution < 1.29 is 24.7 Å². The number of hydrogen-bond donors (Lipinski definition) is 4. The first-order valence-electron chi connectivity index (χ1n) is 4.10. The fraction of sp³-hybridized carbons (Fsp3) is 1.00. The molecule has 1 heterocycles. The zero-order valence-corrected chi connectivity index (χ0v) is 7.97. The van der Waals surface area contributed by atoms with E-state index in [9.17, 15) is 9.77 Å². The lowest BCUT2D eigenvalue weighted by Crippen LogP contribution is -2.33. The van der Waals surface area contributed by atoms with Crippen molar-refractivity contribution in [1.29, 1.82) is 0 Å². The molecule has 2 unspecified atom stereocenters. The normalized spacial score (nSPS) is 31.1. The molecule has 1 rings (SSSR count). The van der Waals surface area contributed by atoms with E-state index in [1.165, 1.54) is 0 Å². The smallest absolute Gasteiger partial charge is 0.325 e. The highest BCUT2D eigenvalue weighted by atomic mass is 31.2. The highest BCUT2D eigenvalue weighted by Gasteiger charge is 2.32. The minimum Gasteiger partial charge on any atom is -0.376 e. The molecule has 0 aliphatic carbocycles. The number of hydroxylamine groups is 2. The summed E-state index contributed by atoms with van der Waals surface area (Å²) in [6.07, 6.45) is 0.0843. The van der Waals surface area contributed by atoms with Crippen LogP contribution in [0.4, 0.5) is 0 Å². The Hall–Kier alpha value is 0.0300. The first-order chi connectivity index (χ1) is 5.90. The van der Waals surface area contributed by atoms with Crippen LogP contribution in [0.3, 0.4) is 0 Å². The third kappa shape index (κ3) is 3.34. The number of aliphatic hydroxyl groups is 1. The van der Waals surface area contributed by atoms with Gasteiger partial charge in [-0.1, -0.05) is 0 Å². The van der Waals surface area contributed by atoms with Crippen molar-refractivity contribution in [1.82, 2.24) is 5.06 Å². The molecule has 1 aliphatic rings. The maximum absolute atomic E-state index is 10.5. The van der Waals surface area contributed by atoms with Gasteiger partial charge in [0.25, 0.3) is 0 Å². The van der Waals surface area contributed by atoms with Crippen LogP contribution >= 0.6 is 7.60 Å². The van der Waals surface area contributed by atoms with Gasteiger partial charge in [0.15, 0.2) is 0 Å². The van der Waals surface area contributed by atoms with Crippen LogP contribution in [0.1, 0.15) is 19.3 Å². The van der Waals surface area contributed by atoms with E-state index in [1.807, 2.05) is 0 Å². The van der Waals surface area contributed by atoms with Crippen molar-refractivity contribution >= 4 is 7.60 Å². The van der Waals surface area contributed by atoms with E-state index in [0.29, 0.717) is 12.8 Å². The molecule has 0 radical (unpaired) electrons. The predicted molar refractivity (Wildman–Crippen MR) is 44.2 cm³/mol. The highest BCUT2D eigenvalue weighted by molar-refractivity contribution is 7.51. The largest absolute Gasteiger partial charge is 0.376 e. The van der Waals surface area contributed by atoms with Crippen molar-refractivity contribution in [3.8, 4) is 0 Å². The Morgan fingerprint density at radius 2 is 2.00 bits per heavy atom. The standard InChI is InChI=1S/C6H14NO5P/c8-6-2-1-5(7(6)9)3-4-13(10,11)12/h5-6,8-9H,1-4H2,(H2,10,11,12). The summed E-state index contributed by atoms with van der Waals surface area (Å²) in [6.45, 7) is 0. The van der Waals surface area contributed by atoms with Gasteiger partial charge in [-0.3, -0.25) is 4.57 Å². The predicted octanol–water partition coefficient (Wildman–Crippen LogP) is -0.274. The molecule has 0 saturated carbocycles. The molecule has 0 amide bonds. The van der Waals surface area contributed by atoms with Gasteiger partial charge in [-0.15, -0.1) is 0 Å². The van der Waals surface area contributed by atoms with Gasteiger partial charge in [0, 0.05) is 6.04 Å². The molecule has 4 N–H and O–H groups in total. The van der Waals surface area contributed by atoms with Gasteiger partial charge in [-0.05, 0) is 19.3 Å². The van der Waals surface area contributed by atoms with Crippen LogP contribution < -0.4 is 0 Å². The first kappa shape index (κ1) is 11.1. The van der Waals surface area contributed by atoms with E-state index in [-0.39, 0.29) is 18.6 Å². The Morgan fingerprint density at radius 1 is 1.38 bits per heavy atom. The van der Waals surface area contributed by atoms with E-state index in [1.54, 1.807) is 0 Å². The SMILES string of the molecule is O=P(O)(O)CCC1CCC(O)N1O. The molecule has 2 atom stereocenters. The quantitative estimate of drug-likeness (QED) is 0.479. The Bertz CT molecular complexity index is 217. The lowest BCUT2D eigenvalue weighted by molar-refractivity contribution is -0.194. The maximum atomic E-state index is 10.5. The number of hydrogen-bond acceptors (Lipinski definition) is 4. The zero-order valence-electron chi connectivity index (χ0n) is 7.07. The summed E-state index contributed by atoms with van der Waals surface area (Å²) in [5.74, 6) is 0. The van der Waals surface area contributed by atoms with Crippen LogP contribution in [0.25, 0.3) is 0 Å². The van der Waals surface area contributed by atoms with Gasteiger partial charge in [0.1, 0.15) is 6.23 Å². The monoisotopic (exact) mass is 211 g/mol. The molecule has 78 valence electrons. The molecule has 0 bridgehead atoms. The second kappa shape index (κ2) is 4.04.